The molecule has 0 aliphatic heterocycles. The van der Waals surface area contributed by atoms with Gasteiger partial charge in [0.25, 0.3) is 5.91 Å². The summed E-state index contributed by atoms with van der Waals surface area (Å²) in [4.78, 5) is 23.4. The molecule has 0 unspecified atom stereocenters. The summed E-state index contributed by atoms with van der Waals surface area (Å²) >= 11 is 1.46. The van der Waals surface area contributed by atoms with E-state index in [0.717, 1.165) is 10.9 Å². The molecule has 0 saturated heterocycles. The Morgan fingerprint density at radius 2 is 1.79 bits per heavy atom. The number of aromatic nitrogens is 2. The molecule has 2 heterocycles. The number of nitrogens with zero attached hydrogens (tertiary/aromatic N) is 3. The smallest absolute Gasteiger partial charge is 0.294 e. The number of hydrogen-bond acceptors (Lipinski definition) is 6. The van der Waals surface area contributed by atoms with Crippen LogP contribution < -0.4 is 9.64 Å². The lowest BCUT2D eigenvalue weighted by Crippen LogP contribution is -2.27. The van der Waals surface area contributed by atoms with Crippen LogP contribution >= 0.6 is 11.8 Å². The van der Waals surface area contributed by atoms with Gasteiger partial charge >= 0.3 is 0 Å². The molecule has 0 aliphatic carbocycles. The second kappa shape index (κ2) is 8.36. The Hall–Kier alpha value is -3.32. The second-order valence-corrected chi connectivity index (χ2v) is 7.20. The molecule has 2 aromatic carbocycles. The van der Waals surface area contributed by atoms with Crippen molar-refractivity contribution < 1.29 is 13.9 Å². The Labute approximate surface area is 172 Å². The number of thioether (sulfide) groups is 1. The van der Waals surface area contributed by atoms with Crippen LogP contribution in [-0.2, 0) is 5.75 Å². The molecule has 7 heteroatoms. The van der Waals surface area contributed by atoms with Crippen LogP contribution in [0, 0.1) is 0 Å². The molecule has 4 rings (SSSR count). The minimum absolute atomic E-state index is 0.240. The summed E-state index contributed by atoms with van der Waals surface area (Å²) in [5.41, 5.74) is 2.17. The number of furan rings is 1. The van der Waals surface area contributed by atoms with Gasteiger partial charge in [0.05, 0.1) is 12.8 Å². The molecule has 0 fully saturated rings. The lowest BCUT2D eigenvalue weighted by molar-refractivity contribution is 0.0967. The van der Waals surface area contributed by atoms with E-state index in [9.17, 15) is 4.79 Å². The maximum absolute atomic E-state index is 13.4. The number of hydrogen-bond donors (Lipinski definition) is 0. The molecule has 0 bridgehead atoms. The van der Waals surface area contributed by atoms with E-state index in [1.54, 1.807) is 37.5 Å². The molecule has 4 aromatic rings. The van der Waals surface area contributed by atoms with E-state index < -0.39 is 0 Å². The van der Waals surface area contributed by atoms with E-state index in [1.807, 2.05) is 48.5 Å². The van der Waals surface area contributed by atoms with Crippen molar-refractivity contribution in [3.63, 3.8) is 0 Å². The number of rotatable bonds is 6. The van der Waals surface area contributed by atoms with E-state index >= 15 is 0 Å². The number of ether oxygens (including phenoxy) is 1. The van der Waals surface area contributed by atoms with Crippen LogP contribution in [0.1, 0.15) is 16.1 Å². The first kappa shape index (κ1) is 19.0. The Bertz CT molecular complexity index is 1140. The number of fused-ring (bicyclic) bond motifs is 1. The number of para-hydroxylation sites is 3. The van der Waals surface area contributed by atoms with Crippen molar-refractivity contribution in [2.75, 3.05) is 19.1 Å². The summed E-state index contributed by atoms with van der Waals surface area (Å²) < 4.78 is 11.4. The van der Waals surface area contributed by atoms with Crippen molar-refractivity contribution in [1.29, 1.82) is 0 Å². The lowest BCUT2D eigenvalue weighted by atomic mass is 10.1. The van der Waals surface area contributed by atoms with E-state index in [1.165, 1.54) is 11.8 Å². The van der Waals surface area contributed by atoms with Gasteiger partial charge in [0.1, 0.15) is 11.3 Å². The van der Waals surface area contributed by atoms with Gasteiger partial charge in [-0.1, -0.05) is 42.1 Å². The molecule has 0 radical (unpaired) electrons. The number of amides is 1. The fourth-order valence-corrected chi connectivity index (χ4v) is 3.91. The summed E-state index contributed by atoms with van der Waals surface area (Å²) in [6.07, 6.45) is 3.40. The molecular weight excluding hydrogens is 386 g/mol. The van der Waals surface area contributed by atoms with Gasteiger partial charge in [0, 0.05) is 36.1 Å². The van der Waals surface area contributed by atoms with Crippen LogP contribution in [0.4, 0.5) is 5.69 Å². The van der Waals surface area contributed by atoms with Gasteiger partial charge in [-0.15, -0.1) is 0 Å². The van der Waals surface area contributed by atoms with Crippen molar-refractivity contribution in [1.82, 2.24) is 9.97 Å². The SMILES string of the molecule is COc1ccccc1N(C)C(=O)c1oc2ccccc2c1CSc1ncccn1. The minimum atomic E-state index is -0.240. The highest BCUT2D eigenvalue weighted by molar-refractivity contribution is 7.98. The van der Waals surface area contributed by atoms with Gasteiger partial charge in [-0.2, -0.15) is 0 Å². The van der Waals surface area contributed by atoms with Gasteiger partial charge in [-0.3, -0.25) is 4.79 Å². The molecule has 2 aromatic heterocycles. The third kappa shape index (κ3) is 3.82. The van der Waals surface area contributed by atoms with Gasteiger partial charge in [0.15, 0.2) is 10.9 Å². The van der Waals surface area contributed by atoms with E-state index in [-0.39, 0.29) is 5.91 Å². The molecule has 0 N–H and O–H groups in total. The topological polar surface area (TPSA) is 68.5 Å². The molecule has 0 saturated carbocycles. The van der Waals surface area contributed by atoms with Crippen molar-refractivity contribution in [2.24, 2.45) is 0 Å². The molecule has 0 aliphatic rings. The summed E-state index contributed by atoms with van der Waals surface area (Å²) in [6, 6.07) is 16.8. The monoisotopic (exact) mass is 405 g/mol. The van der Waals surface area contributed by atoms with Crippen molar-refractivity contribution in [3.05, 3.63) is 78.3 Å². The number of benzene rings is 2. The van der Waals surface area contributed by atoms with Crippen LogP contribution in [0.25, 0.3) is 11.0 Å². The summed E-state index contributed by atoms with van der Waals surface area (Å²) in [5.74, 6) is 1.20. The Morgan fingerprint density at radius 3 is 2.59 bits per heavy atom. The van der Waals surface area contributed by atoms with Crippen molar-refractivity contribution >= 4 is 34.3 Å². The van der Waals surface area contributed by atoms with Crippen molar-refractivity contribution in [2.45, 2.75) is 10.9 Å². The fourth-order valence-electron chi connectivity index (χ4n) is 3.08. The zero-order valence-electron chi connectivity index (χ0n) is 16.0. The van der Waals surface area contributed by atoms with E-state index in [4.69, 9.17) is 9.15 Å². The zero-order chi connectivity index (χ0) is 20.2. The predicted molar refractivity (Wildman–Crippen MR) is 114 cm³/mol. The first-order valence-electron chi connectivity index (χ1n) is 9.00. The van der Waals surface area contributed by atoms with Crippen LogP contribution in [-0.4, -0.2) is 30.0 Å². The molecule has 0 atom stereocenters. The van der Waals surface area contributed by atoms with Crippen LogP contribution in [0.15, 0.2) is 76.6 Å². The molecule has 0 spiro atoms. The summed E-state index contributed by atoms with van der Waals surface area (Å²) in [6.45, 7) is 0. The molecule has 6 nitrogen and oxygen atoms in total. The summed E-state index contributed by atoms with van der Waals surface area (Å²) in [5, 5.41) is 1.56. The average Bonchev–Trinajstić information content (AvgIpc) is 3.16. The van der Waals surface area contributed by atoms with Gasteiger partial charge in [0.2, 0.25) is 0 Å². The van der Waals surface area contributed by atoms with E-state index in [2.05, 4.69) is 9.97 Å². The molecular formula is C22H19N3O3S. The highest BCUT2D eigenvalue weighted by atomic mass is 32.2. The standard InChI is InChI=1S/C22H19N3O3S/c1-25(17-9-4-6-11-19(17)27-2)21(26)20-16(14-29-22-23-12-7-13-24-22)15-8-3-5-10-18(15)28-20/h3-13H,14H2,1-2H3. The maximum atomic E-state index is 13.4. The van der Waals surface area contributed by atoms with Gasteiger partial charge in [-0.05, 0) is 24.3 Å². The largest absolute Gasteiger partial charge is 0.495 e. The molecule has 146 valence electrons. The second-order valence-electron chi connectivity index (χ2n) is 6.26. The van der Waals surface area contributed by atoms with E-state index in [0.29, 0.717) is 33.7 Å². The molecule has 29 heavy (non-hydrogen) atoms. The fraction of sp³-hybridized carbons (Fsp3) is 0.136. The van der Waals surface area contributed by atoms with Gasteiger partial charge < -0.3 is 14.1 Å². The third-order valence-electron chi connectivity index (χ3n) is 4.53. The Morgan fingerprint density at radius 1 is 1.07 bits per heavy atom. The highest BCUT2D eigenvalue weighted by Crippen LogP contribution is 2.34. The van der Waals surface area contributed by atoms with Crippen LogP contribution in [0.3, 0.4) is 0 Å². The lowest BCUT2D eigenvalue weighted by Gasteiger charge is -2.19. The number of carbonyl (C=O) groups excluding carboxylic acids is 1. The average molecular weight is 405 g/mol. The quantitative estimate of drug-likeness (QED) is 0.339. The predicted octanol–water partition coefficient (Wildman–Crippen LogP) is 4.80. The zero-order valence-corrected chi connectivity index (χ0v) is 16.8. The number of anilines is 1. The van der Waals surface area contributed by atoms with Crippen LogP contribution in [0.5, 0.6) is 5.75 Å². The maximum Gasteiger partial charge on any atom is 0.294 e. The summed E-state index contributed by atoms with van der Waals surface area (Å²) in [7, 11) is 3.30. The van der Waals surface area contributed by atoms with Crippen LogP contribution in [0.2, 0.25) is 0 Å². The molecule has 1 amide bonds. The Kier molecular flexibility index (Phi) is 5.48. The van der Waals surface area contributed by atoms with Crippen molar-refractivity contribution in [3.8, 4) is 5.75 Å². The first-order chi connectivity index (χ1) is 14.2. The highest BCUT2D eigenvalue weighted by Gasteiger charge is 2.25. The number of methoxy groups -OCH3 is 1. The first-order valence-corrected chi connectivity index (χ1v) is 9.99. The Balaban J connectivity index is 1.71. The number of carbonyl (C=O) groups is 1. The third-order valence-corrected chi connectivity index (χ3v) is 5.43. The van der Waals surface area contributed by atoms with Gasteiger partial charge in [-0.25, -0.2) is 9.97 Å². The minimum Gasteiger partial charge on any atom is -0.495 e. The normalized spacial score (nSPS) is 10.8.